The molecule has 1 aliphatic rings. The van der Waals surface area contributed by atoms with Gasteiger partial charge in [-0.15, -0.1) is 0 Å². The van der Waals surface area contributed by atoms with Crippen molar-refractivity contribution in [2.45, 2.75) is 39.7 Å². The zero-order valence-corrected chi connectivity index (χ0v) is 17.6. The van der Waals surface area contributed by atoms with Gasteiger partial charge in [0.15, 0.2) is 5.69 Å². The summed E-state index contributed by atoms with van der Waals surface area (Å²) in [6.45, 7) is 5.60. The van der Waals surface area contributed by atoms with E-state index in [-0.39, 0.29) is 12.5 Å². The van der Waals surface area contributed by atoms with Crippen molar-refractivity contribution in [3.63, 3.8) is 0 Å². The number of hydrogen-bond acceptors (Lipinski definition) is 4. The Morgan fingerprint density at radius 1 is 1.07 bits per heavy atom. The smallest absolute Gasteiger partial charge is 0.276 e. The minimum Gasteiger partial charge on any atom is -0.488 e. The Morgan fingerprint density at radius 3 is 2.50 bits per heavy atom. The maximum Gasteiger partial charge on any atom is 0.276 e. The second kappa shape index (κ2) is 9.16. The maximum atomic E-state index is 13.1. The van der Waals surface area contributed by atoms with Gasteiger partial charge in [-0.1, -0.05) is 53.7 Å². The highest BCUT2D eigenvalue weighted by atomic mass is 16.5. The molecule has 0 spiro atoms. The topological polar surface area (TPSA) is 55.6 Å². The van der Waals surface area contributed by atoms with Crippen molar-refractivity contribution in [2.24, 2.45) is 5.92 Å². The van der Waals surface area contributed by atoms with E-state index in [1.54, 1.807) is 0 Å². The van der Waals surface area contributed by atoms with Crippen LogP contribution in [0.1, 0.15) is 45.8 Å². The number of piperidine rings is 1. The zero-order chi connectivity index (χ0) is 20.9. The summed E-state index contributed by atoms with van der Waals surface area (Å²) in [4.78, 5) is 15.0. The van der Waals surface area contributed by atoms with E-state index in [1.807, 2.05) is 49.1 Å². The summed E-state index contributed by atoms with van der Waals surface area (Å²) in [5.41, 5.74) is 3.53. The van der Waals surface area contributed by atoms with Gasteiger partial charge < -0.3 is 14.2 Å². The van der Waals surface area contributed by atoms with E-state index in [0.29, 0.717) is 17.4 Å². The van der Waals surface area contributed by atoms with Crippen molar-refractivity contribution in [3.05, 3.63) is 82.7 Å². The molecule has 1 saturated heterocycles. The zero-order valence-electron chi connectivity index (χ0n) is 17.6. The monoisotopic (exact) mass is 404 g/mol. The molecule has 156 valence electrons. The molecule has 0 N–H and O–H groups in total. The fourth-order valence-electron chi connectivity index (χ4n) is 4.03. The number of aromatic nitrogens is 1. The summed E-state index contributed by atoms with van der Waals surface area (Å²) in [5, 5.41) is 4.07. The highest BCUT2D eigenvalue weighted by molar-refractivity contribution is 5.93. The summed E-state index contributed by atoms with van der Waals surface area (Å²) in [5.74, 6) is 1.98. The molecule has 0 radical (unpaired) electrons. The molecule has 3 aromatic rings. The lowest BCUT2D eigenvalue weighted by Crippen LogP contribution is -2.39. The van der Waals surface area contributed by atoms with Gasteiger partial charge in [0.25, 0.3) is 5.91 Å². The van der Waals surface area contributed by atoms with Gasteiger partial charge in [-0.2, -0.15) is 0 Å². The Balaban J connectivity index is 1.38. The Kier molecular flexibility index (Phi) is 6.17. The van der Waals surface area contributed by atoms with E-state index in [9.17, 15) is 4.79 Å². The number of hydrogen-bond donors (Lipinski definition) is 0. The van der Waals surface area contributed by atoms with Crippen LogP contribution in [0.15, 0.2) is 59.1 Å². The average Bonchev–Trinajstić information content (AvgIpc) is 3.14. The molecule has 1 aromatic heterocycles. The van der Waals surface area contributed by atoms with Gasteiger partial charge in [-0.3, -0.25) is 4.79 Å². The number of carbonyl (C=O) groups excluding carboxylic acids is 1. The Labute approximate surface area is 177 Å². The first kappa shape index (κ1) is 20.2. The number of likely N-dealkylation sites (tertiary alicyclic amines) is 1. The van der Waals surface area contributed by atoms with Crippen molar-refractivity contribution < 1.29 is 14.1 Å². The summed E-state index contributed by atoms with van der Waals surface area (Å²) in [6, 6.07) is 18.4. The number of rotatable bonds is 6. The fourth-order valence-corrected chi connectivity index (χ4v) is 4.03. The molecule has 5 nitrogen and oxygen atoms in total. The van der Waals surface area contributed by atoms with Gasteiger partial charge >= 0.3 is 0 Å². The molecule has 2 heterocycles. The minimum absolute atomic E-state index is 0.0617. The van der Waals surface area contributed by atoms with Crippen LogP contribution in [0.2, 0.25) is 0 Å². The number of carbonyl (C=O) groups is 1. The van der Waals surface area contributed by atoms with E-state index in [4.69, 9.17) is 9.26 Å². The Hall–Kier alpha value is -3.08. The molecule has 0 aliphatic carbocycles. The molecule has 5 heteroatoms. The average molecular weight is 405 g/mol. The standard InChI is InChI=1S/C25H28N2O3/c1-18-8-6-7-11-23(18)29-17-22-19(2)30-26-24(22)25(28)27-14-12-21(13-15-27)16-20-9-4-3-5-10-20/h3-11,21H,12-17H2,1-2H3. The molecular formula is C25H28N2O3. The number of ether oxygens (including phenoxy) is 1. The normalized spacial score (nSPS) is 14.7. The molecule has 1 fully saturated rings. The lowest BCUT2D eigenvalue weighted by Gasteiger charge is -2.31. The summed E-state index contributed by atoms with van der Waals surface area (Å²) in [7, 11) is 0. The lowest BCUT2D eigenvalue weighted by atomic mass is 9.90. The second-order valence-electron chi connectivity index (χ2n) is 8.05. The Bertz CT molecular complexity index is 989. The first-order chi connectivity index (χ1) is 14.6. The minimum atomic E-state index is -0.0617. The van der Waals surface area contributed by atoms with E-state index in [0.717, 1.165) is 49.2 Å². The van der Waals surface area contributed by atoms with Crippen LogP contribution in [-0.4, -0.2) is 29.1 Å². The number of para-hydroxylation sites is 1. The van der Waals surface area contributed by atoms with Crippen LogP contribution in [0.3, 0.4) is 0 Å². The molecule has 1 aliphatic heterocycles. The van der Waals surface area contributed by atoms with Gasteiger partial charge in [-0.25, -0.2) is 0 Å². The van der Waals surface area contributed by atoms with Gasteiger partial charge in [0, 0.05) is 13.1 Å². The third-order valence-electron chi connectivity index (χ3n) is 5.92. The van der Waals surface area contributed by atoms with Crippen molar-refractivity contribution in [2.75, 3.05) is 13.1 Å². The number of aryl methyl sites for hydroxylation is 2. The van der Waals surface area contributed by atoms with E-state index < -0.39 is 0 Å². The van der Waals surface area contributed by atoms with Gasteiger partial charge in [0.1, 0.15) is 18.1 Å². The second-order valence-corrected chi connectivity index (χ2v) is 8.05. The fraction of sp³-hybridized carbons (Fsp3) is 0.360. The van der Waals surface area contributed by atoms with Crippen LogP contribution < -0.4 is 4.74 Å². The number of nitrogens with zero attached hydrogens (tertiary/aromatic N) is 2. The number of benzene rings is 2. The number of amides is 1. The highest BCUT2D eigenvalue weighted by Crippen LogP contribution is 2.25. The van der Waals surface area contributed by atoms with Gasteiger partial charge in [0.2, 0.25) is 0 Å². The highest BCUT2D eigenvalue weighted by Gasteiger charge is 2.28. The van der Waals surface area contributed by atoms with Crippen LogP contribution in [0.25, 0.3) is 0 Å². The van der Waals surface area contributed by atoms with E-state index in [1.165, 1.54) is 5.56 Å². The lowest BCUT2D eigenvalue weighted by molar-refractivity contribution is 0.0677. The predicted molar refractivity (Wildman–Crippen MR) is 116 cm³/mol. The first-order valence-corrected chi connectivity index (χ1v) is 10.6. The van der Waals surface area contributed by atoms with E-state index in [2.05, 4.69) is 29.4 Å². The van der Waals surface area contributed by atoms with Gasteiger partial charge in [0.05, 0.1) is 5.56 Å². The van der Waals surface area contributed by atoms with Crippen LogP contribution in [0.5, 0.6) is 5.75 Å². The molecule has 0 unspecified atom stereocenters. The largest absolute Gasteiger partial charge is 0.488 e. The van der Waals surface area contributed by atoms with Crippen molar-refractivity contribution in [1.82, 2.24) is 10.1 Å². The molecule has 0 bridgehead atoms. The van der Waals surface area contributed by atoms with Crippen LogP contribution >= 0.6 is 0 Å². The maximum absolute atomic E-state index is 13.1. The van der Waals surface area contributed by atoms with Crippen molar-refractivity contribution in [1.29, 1.82) is 0 Å². The molecule has 2 aromatic carbocycles. The summed E-state index contributed by atoms with van der Waals surface area (Å²) in [6.07, 6.45) is 3.08. The van der Waals surface area contributed by atoms with Crippen LogP contribution in [0.4, 0.5) is 0 Å². The van der Waals surface area contributed by atoms with E-state index >= 15 is 0 Å². The molecule has 4 rings (SSSR count). The Morgan fingerprint density at radius 2 is 1.77 bits per heavy atom. The summed E-state index contributed by atoms with van der Waals surface area (Å²) < 4.78 is 11.3. The third-order valence-corrected chi connectivity index (χ3v) is 5.92. The molecule has 1 amide bonds. The van der Waals surface area contributed by atoms with Crippen molar-refractivity contribution in [3.8, 4) is 5.75 Å². The quantitative estimate of drug-likeness (QED) is 0.582. The van der Waals surface area contributed by atoms with Crippen molar-refractivity contribution >= 4 is 5.91 Å². The SMILES string of the molecule is Cc1ccccc1OCc1c(C(=O)N2CCC(Cc3ccccc3)CC2)noc1C. The summed E-state index contributed by atoms with van der Waals surface area (Å²) >= 11 is 0. The molecule has 30 heavy (non-hydrogen) atoms. The predicted octanol–water partition coefficient (Wildman–Crippen LogP) is 4.97. The third kappa shape index (κ3) is 4.56. The first-order valence-electron chi connectivity index (χ1n) is 10.6. The van der Waals surface area contributed by atoms with Crippen LogP contribution in [-0.2, 0) is 13.0 Å². The van der Waals surface area contributed by atoms with Crippen LogP contribution in [0, 0.1) is 19.8 Å². The molecule has 0 atom stereocenters. The van der Waals surface area contributed by atoms with Gasteiger partial charge in [-0.05, 0) is 56.2 Å². The molecular weight excluding hydrogens is 376 g/mol. The molecule has 0 saturated carbocycles.